The van der Waals surface area contributed by atoms with Gasteiger partial charge >= 0.3 is 0 Å². The van der Waals surface area contributed by atoms with Gasteiger partial charge in [-0.3, -0.25) is 14.4 Å². The third-order valence-corrected chi connectivity index (χ3v) is 6.22. The molecule has 1 aromatic rings. The van der Waals surface area contributed by atoms with Gasteiger partial charge in [-0.25, -0.2) is 0 Å². The highest BCUT2D eigenvalue weighted by atomic mass is 16.7. The molecular weight excluding hydrogens is 374 g/mol. The number of amides is 3. The fourth-order valence-corrected chi connectivity index (χ4v) is 4.39. The molecule has 0 spiro atoms. The van der Waals surface area contributed by atoms with Gasteiger partial charge in [0.15, 0.2) is 11.5 Å². The molecule has 0 bridgehead atoms. The van der Waals surface area contributed by atoms with Crippen molar-refractivity contribution in [1.29, 1.82) is 0 Å². The molecule has 3 aliphatic heterocycles. The number of benzene rings is 1. The second-order valence-electron chi connectivity index (χ2n) is 8.28. The Labute approximate surface area is 169 Å². The van der Waals surface area contributed by atoms with Crippen LogP contribution in [0.4, 0.5) is 0 Å². The summed E-state index contributed by atoms with van der Waals surface area (Å²) in [6.45, 7) is 2.37. The van der Waals surface area contributed by atoms with Gasteiger partial charge in [0, 0.05) is 38.6 Å². The van der Waals surface area contributed by atoms with E-state index in [1.807, 2.05) is 23.1 Å². The smallest absolute Gasteiger partial charge is 0.242 e. The molecule has 1 aliphatic carbocycles. The highest BCUT2D eigenvalue weighted by Gasteiger charge is 2.40. The molecule has 8 nitrogen and oxygen atoms in total. The van der Waals surface area contributed by atoms with Crippen LogP contribution in [0.5, 0.6) is 11.5 Å². The van der Waals surface area contributed by atoms with E-state index >= 15 is 0 Å². The molecule has 3 heterocycles. The lowest BCUT2D eigenvalue weighted by atomic mass is 9.95. The highest BCUT2D eigenvalue weighted by molar-refractivity contribution is 5.88. The summed E-state index contributed by atoms with van der Waals surface area (Å²) < 4.78 is 10.7. The van der Waals surface area contributed by atoms with E-state index in [-0.39, 0.29) is 37.0 Å². The number of fused-ring (bicyclic) bond motifs is 1. The van der Waals surface area contributed by atoms with Gasteiger partial charge in [0.2, 0.25) is 24.5 Å². The third-order valence-electron chi connectivity index (χ3n) is 6.22. The van der Waals surface area contributed by atoms with E-state index < -0.39 is 0 Å². The van der Waals surface area contributed by atoms with Crippen LogP contribution < -0.4 is 9.47 Å². The maximum absolute atomic E-state index is 13.0. The average Bonchev–Trinajstić information content (AvgIpc) is 3.46. The van der Waals surface area contributed by atoms with E-state index in [2.05, 4.69) is 0 Å². The first-order valence-corrected chi connectivity index (χ1v) is 10.3. The van der Waals surface area contributed by atoms with Crippen LogP contribution in [0.3, 0.4) is 0 Å². The molecule has 0 N–H and O–H groups in total. The number of likely N-dealkylation sites (tertiary alicyclic amines) is 1. The van der Waals surface area contributed by atoms with Crippen LogP contribution in [0.15, 0.2) is 18.2 Å². The Morgan fingerprint density at radius 3 is 2.66 bits per heavy atom. The van der Waals surface area contributed by atoms with Crippen molar-refractivity contribution in [3.05, 3.63) is 23.8 Å². The van der Waals surface area contributed by atoms with Gasteiger partial charge in [-0.05, 0) is 37.0 Å². The number of carbonyl (C=O) groups is 3. The van der Waals surface area contributed by atoms with E-state index in [1.54, 1.807) is 9.80 Å². The average molecular weight is 399 g/mol. The molecule has 154 valence electrons. The summed E-state index contributed by atoms with van der Waals surface area (Å²) in [5.74, 6) is 1.38. The maximum Gasteiger partial charge on any atom is 0.242 e. The largest absolute Gasteiger partial charge is 0.454 e. The number of piperazine rings is 1. The van der Waals surface area contributed by atoms with Gasteiger partial charge in [0.05, 0.1) is 12.5 Å². The predicted molar refractivity (Wildman–Crippen MR) is 102 cm³/mol. The van der Waals surface area contributed by atoms with Crippen LogP contribution in [-0.4, -0.2) is 71.4 Å². The summed E-state index contributed by atoms with van der Waals surface area (Å²) in [6.07, 6.45) is 3.12. The van der Waals surface area contributed by atoms with Crippen LogP contribution in [0.25, 0.3) is 0 Å². The lowest BCUT2D eigenvalue weighted by Gasteiger charge is -2.38. The number of piperidine rings is 1. The van der Waals surface area contributed by atoms with Crippen molar-refractivity contribution < 1.29 is 23.9 Å². The van der Waals surface area contributed by atoms with Gasteiger partial charge in [-0.2, -0.15) is 0 Å². The SMILES string of the molecule is O=C1CN(C(=O)[C@@H]2CCC(=O)N(C3CC3)C2)CCN1Cc1ccc2c(c1)OCO2. The standard InChI is InChI=1S/C21H25N3O5/c25-19-6-2-15(11-24(19)16-3-4-16)21(27)23-8-7-22(20(26)12-23)10-14-1-5-17-18(9-14)29-13-28-17/h1,5,9,15-16H,2-4,6-8,10-13H2/t15-/m1/s1. The monoisotopic (exact) mass is 399 g/mol. The van der Waals surface area contributed by atoms with Gasteiger partial charge in [0.25, 0.3) is 0 Å². The summed E-state index contributed by atoms with van der Waals surface area (Å²) in [5.41, 5.74) is 0.980. The van der Waals surface area contributed by atoms with E-state index in [4.69, 9.17) is 9.47 Å². The fraction of sp³-hybridized carbons (Fsp3) is 0.571. The molecule has 1 aromatic carbocycles. The highest BCUT2D eigenvalue weighted by Crippen LogP contribution is 2.34. The Bertz CT molecular complexity index is 853. The van der Waals surface area contributed by atoms with Gasteiger partial charge in [-0.1, -0.05) is 6.07 Å². The summed E-state index contributed by atoms with van der Waals surface area (Å²) in [4.78, 5) is 43.1. The van der Waals surface area contributed by atoms with Gasteiger partial charge < -0.3 is 24.2 Å². The summed E-state index contributed by atoms with van der Waals surface area (Å²) in [7, 11) is 0. The number of rotatable bonds is 4. The van der Waals surface area contributed by atoms with Crippen LogP contribution in [-0.2, 0) is 20.9 Å². The van der Waals surface area contributed by atoms with E-state index in [0.717, 1.165) is 24.2 Å². The van der Waals surface area contributed by atoms with Crippen molar-refractivity contribution in [3.63, 3.8) is 0 Å². The third kappa shape index (κ3) is 3.63. The van der Waals surface area contributed by atoms with Crippen molar-refractivity contribution in [3.8, 4) is 11.5 Å². The summed E-state index contributed by atoms with van der Waals surface area (Å²) in [5, 5.41) is 0. The van der Waals surface area contributed by atoms with E-state index in [9.17, 15) is 14.4 Å². The zero-order valence-corrected chi connectivity index (χ0v) is 16.3. The zero-order valence-electron chi connectivity index (χ0n) is 16.3. The molecule has 3 amide bonds. The van der Waals surface area contributed by atoms with Crippen molar-refractivity contribution in [1.82, 2.24) is 14.7 Å². The number of ether oxygens (including phenoxy) is 2. The van der Waals surface area contributed by atoms with Crippen LogP contribution in [0, 0.1) is 5.92 Å². The molecule has 8 heteroatoms. The van der Waals surface area contributed by atoms with Crippen molar-refractivity contribution in [2.75, 3.05) is 33.0 Å². The first-order chi connectivity index (χ1) is 14.1. The molecule has 29 heavy (non-hydrogen) atoms. The molecule has 1 atom stereocenters. The minimum atomic E-state index is -0.179. The first kappa shape index (κ1) is 18.3. The first-order valence-electron chi connectivity index (χ1n) is 10.3. The Hall–Kier alpha value is -2.77. The molecule has 0 unspecified atom stereocenters. The molecule has 2 saturated heterocycles. The maximum atomic E-state index is 13.0. The summed E-state index contributed by atoms with van der Waals surface area (Å²) in [6, 6.07) is 6.03. The second kappa shape index (κ2) is 7.24. The Morgan fingerprint density at radius 1 is 1.03 bits per heavy atom. The lowest BCUT2D eigenvalue weighted by Crippen LogP contribution is -2.55. The molecule has 4 aliphatic rings. The Balaban J connectivity index is 1.18. The lowest BCUT2D eigenvalue weighted by molar-refractivity contribution is -0.151. The molecule has 5 rings (SSSR count). The minimum Gasteiger partial charge on any atom is -0.454 e. The number of hydrogen-bond acceptors (Lipinski definition) is 5. The van der Waals surface area contributed by atoms with Gasteiger partial charge in [0.1, 0.15) is 0 Å². The number of nitrogens with zero attached hydrogens (tertiary/aromatic N) is 3. The van der Waals surface area contributed by atoms with Crippen LogP contribution in [0.2, 0.25) is 0 Å². The van der Waals surface area contributed by atoms with Crippen LogP contribution >= 0.6 is 0 Å². The molecular formula is C21H25N3O5. The normalized spacial score (nSPS) is 24.3. The predicted octanol–water partition coefficient (Wildman–Crippen LogP) is 0.987. The number of hydrogen-bond donors (Lipinski definition) is 0. The quantitative estimate of drug-likeness (QED) is 0.754. The minimum absolute atomic E-state index is 0.0132. The fourth-order valence-electron chi connectivity index (χ4n) is 4.39. The molecule has 3 fully saturated rings. The van der Waals surface area contributed by atoms with Crippen molar-refractivity contribution >= 4 is 17.7 Å². The summed E-state index contributed by atoms with van der Waals surface area (Å²) >= 11 is 0. The van der Waals surface area contributed by atoms with E-state index in [0.29, 0.717) is 50.8 Å². The molecule has 0 aromatic heterocycles. The molecule has 0 radical (unpaired) electrons. The zero-order chi connectivity index (χ0) is 20.0. The topological polar surface area (TPSA) is 79.4 Å². The van der Waals surface area contributed by atoms with E-state index in [1.165, 1.54) is 0 Å². The number of carbonyl (C=O) groups excluding carboxylic acids is 3. The molecule has 1 saturated carbocycles. The van der Waals surface area contributed by atoms with Crippen molar-refractivity contribution in [2.45, 2.75) is 38.3 Å². The Morgan fingerprint density at radius 2 is 1.86 bits per heavy atom. The van der Waals surface area contributed by atoms with Gasteiger partial charge in [-0.15, -0.1) is 0 Å². The van der Waals surface area contributed by atoms with Crippen LogP contribution in [0.1, 0.15) is 31.2 Å². The second-order valence-corrected chi connectivity index (χ2v) is 8.28. The Kier molecular flexibility index (Phi) is 4.56. The van der Waals surface area contributed by atoms with Crippen molar-refractivity contribution in [2.24, 2.45) is 5.92 Å².